The van der Waals surface area contributed by atoms with E-state index in [2.05, 4.69) is 68.1 Å². The number of hydrogen-bond donors (Lipinski definition) is 0. The van der Waals surface area contributed by atoms with Crippen LogP contribution < -0.4 is 4.74 Å². The van der Waals surface area contributed by atoms with E-state index in [0.29, 0.717) is 11.9 Å². The van der Waals surface area contributed by atoms with Crippen LogP contribution in [-0.2, 0) is 6.61 Å². The van der Waals surface area contributed by atoms with Crippen LogP contribution in [0.1, 0.15) is 41.4 Å². The lowest BCUT2D eigenvalue weighted by atomic mass is 9.99. The van der Waals surface area contributed by atoms with Crippen molar-refractivity contribution in [1.29, 1.82) is 0 Å². The molecule has 0 radical (unpaired) electrons. The monoisotopic (exact) mass is 341 g/mol. The number of ether oxygens (including phenoxy) is 1. The molecule has 1 unspecified atom stereocenters. The molecule has 1 heterocycles. The zero-order chi connectivity index (χ0) is 16.9. The molecule has 0 aliphatic carbocycles. The van der Waals surface area contributed by atoms with Gasteiger partial charge in [0.1, 0.15) is 12.4 Å². The summed E-state index contributed by atoms with van der Waals surface area (Å²) >= 11 is 2.04. The van der Waals surface area contributed by atoms with Crippen molar-refractivity contribution in [2.45, 2.75) is 32.6 Å². The van der Waals surface area contributed by atoms with E-state index in [-0.39, 0.29) is 0 Å². The van der Waals surface area contributed by atoms with Crippen molar-refractivity contribution in [3.8, 4) is 5.75 Å². The first-order chi connectivity index (χ1) is 11.7. The van der Waals surface area contributed by atoms with E-state index in [4.69, 9.17) is 4.74 Å². The Morgan fingerprint density at radius 3 is 2.67 bits per heavy atom. The highest BCUT2D eigenvalue weighted by Gasteiger charge is 2.25. The first-order valence-electron chi connectivity index (χ1n) is 8.88. The van der Waals surface area contributed by atoms with Crippen molar-refractivity contribution >= 4 is 11.8 Å². The van der Waals surface area contributed by atoms with Crippen molar-refractivity contribution in [1.82, 2.24) is 4.90 Å². The number of nitrogens with zero attached hydrogens (tertiary/aromatic N) is 1. The fourth-order valence-corrected chi connectivity index (χ4v) is 4.64. The van der Waals surface area contributed by atoms with Crippen LogP contribution in [0.15, 0.2) is 42.5 Å². The maximum Gasteiger partial charge on any atom is 0.124 e. The maximum absolute atomic E-state index is 6.11. The van der Waals surface area contributed by atoms with Crippen LogP contribution in [0.3, 0.4) is 0 Å². The maximum atomic E-state index is 6.11. The van der Waals surface area contributed by atoms with Gasteiger partial charge in [0.2, 0.25) is 0 Å². The molecular formula is C21H27NOS. The Morgan fingerprint density at radius 1 is 1.08 bits per heavy atom. The van der Waals surface area contributed by atoms with E-state index in [0.717, 1.165) is 31.1 Å². The quantitative estimate of drug-likeness (QED) is 0.729. The molecule has 3 heteroatoms. The second kappa shape index (κ2) is 8.09. The molecule has 0 bridgehead atoms. The molecule has 128 valence electrons. The van der Waals surface area contributed by atoms with Crippen molar-refractivity contribution < 1.29 is 4.74 Å². The van der Waals surface area contributed by atoms with Crippen molar-refractivity contribution in [3.63, 3.8) is 0 Å². The second-order valence-electron chi connectivity index (χ2n) is 6.31. The normalized spacial score (nSPS) is 16.2. The van der Waals surface area contributed by atoms with Gasteiger partial charge in [-0.15, -0.1) is 11.8 Å². The molecule has 24 heavy (non-hydrogen) atoms. The van der Waals surface area contributed by atoms with Crippen molar-refractivity contribution in [2.75, 3.05) is 25.4 Å². The zero-order valence-corrected chi connectivity index (χ0v) is 15.7. The summed E-state index contributed by atoms with van der Waals surface area (Å²) in [5.74, 6) is 2.17. The molecule has 0 spiro atoms. The predicted molar refractivity (Wildman–Crippen MR) is 104 cm³/mol. The van der Waals surface area contributed by atoms with E-state index in [1.807, 2.05) is 11.8 Å². The number of fused-ring (bicyclic) bond motifs is 2. The van der Waals surface area contributed by atoms with Gasteiger partial charge in [0.15, 0.2) is 0 Å². The minimum absolute atomic E-state index is 0.356. The van der Waals surface area contributed by atoms with Crippen molar-refractivity contribution in [2.24, 2.45) is 0 Å². The molecule has 1 atom stereocenters. The number of thioether (sulfide) groups is 1. The molecule has 0 saturated carbocycles. The predicted octanol–water partition coefficient (Wildman–Crippen LogP) is 5.05. The molecular weight excluding hydrogens is 314 g/mol. The molecule has 0 fully saturated rings. The highest BCUT2D eigenvalue weighted by molar-refractivity contribution is 7.99. The van der Waals surface area contributed by atoms with Gasteiger partial charge < -0.3 is 9.64 Å². The molecule has 2 aromatic rings. The van der Waals surface area contributed by atoms with Gasteiger partial charge >= 0.3 is 0 Å². The lowest BCUT2D eigenvalue weighted by Crippen LogP contribution is -2.25. The van der Waals surface area contributed by atoms with Gasteiger partial charge in [0.25, 0.3) is 0 Å². The third-order valence-electron chi connectivity index (χ3n) is 4.75. The second-order valence-corrected chi connectivity index (χ2v) is 7.52. The fraction of sp³-hybridized carbons (Fsp3) is 0.429. The van der Waals surface area contributed by atoms with Crippen LogP contribution in [-0.4, -0.2) is 30.3 Å². The third-order valence-corrected chi connectivity index (χ3v) is 6.01. The lowest BCUT2D eigenvalue weighted by molar-refractivity contribution is 0.307. The molecule has 2 aromatic carbocycles. The van der Waals surface area contributed by atoms with E-state index in [1.54, 1.807) is 0 Å². The smallest absolute Gasteiger partial charge is 0.124 e. The van der Waals surface area contributed by atoms with E-state index < -0.39 is 0 Å². The Hall–Kier alpha value is -1.45. The largest absolute Gasteiger partial charge is 0.489 e. The van der Waals surface area contributed by atoms with Crippen LogP contribution in [0, 0.1) is 6.92 Å². The van der Waals surface area contributed by atoms with E-state index in [1.165, 1.54) is 22.3 Å². The average molecular weight is 342 g/mol. The third kappa shape index (κ3) is 3.79. The van der Waals surface area contributed by atoms with E-state index in [9.17, 15) is 0 Å². The molecule has 2 nitrogen and oxygen atoms in total. The number of benzene rings is 2. The summed E-state index contributed by atoms with van der Waals surface area (Å²) in [7, 11) is 0. The van der Waals surface area contributed by atoms with Gasteiger partial charge in [0.05, 0.1) is 5.25 Å². The van der Waals surface area contributed by atoms with Crippen molar-refractivity contribution in [3.05, 3.63) is 64.7 Å². The van der Waals surface area contributed by atoms with Gasteiger partial charge in [0, 0.05) is 17.9 Å². The van der Waals surface area contributed by atoms with Gasteiger partial charge in [-0.2, -0.15) is 0 Å². The summed E-state index contributed by atoms with van der Waals surface area (Å²) in [6, 6.07) is 15.3. The molecule has 1 aliphatic rings. The van der Waals surface area contributed by atoms with Crippen LogP contribution in [0.25, 0.3) is 0 Å². The highest BCUT2D eigenvalue weighted by atomic mass is 32.2. The standard InChI is InChI=1S/C21H27NOS/c1-4-22(5-2)12-13-24-21-18-9-7-6-8-17(18)15-23-20-11-10-16(3)14-19(20)21/h6-11,14,21H,4-5,12-13,15H2,1-3H3. The number of aryl methyl sites for hydroxylation is 1. The molecule has 0 saturated heterocycles. The Bertz CT molecular complexity index is 681. The lowest BCUT2D eigenvalue weighted by Gasteiger charge is -2.22. The molecule has 3 rings (SSSR count). The summed E-state index contributed by atoms with van der Waals surface area (Å²) < 4.78 is 6.11. The number of hydrogen-bond acceptors (Lipinski definition) is 3. The summed E-state index contributed by atoms with van der Waals surface area (Å²) in [5, 5.41) is 0.356. The first kappa shape index (κ1) is 17.4. The van der Waals surface area contributed by atoms with Gasteiger partial charge in [-0.05, 0) is 37.2 Å². The summed E-state index contributed by atoms with van der Waals surface area (Å²) in [6.07, 6.45) is 0. The molecule has 0 aromatic heterocycles. The molecule has 0 N–H and O–H groups in total. The average Bonchev–Trinajstić information content (AvgIpc) is 2.76. The number of rotatable bonds is 6. The minimum atomic E-state index is 0.356. The Labute approximate surface area is 150 Å². The highest BCUT2D eigenvalue weighted by Crippen LogP contribution is 2.44. The Balaban J connectivity index is 1.89. The molecule has 1 aliphatic heterocycles. The Kier molecular flexibility index (Phi) is 5.85. The minimum Gasteiger partial charge on any atom is -0.489 e. The van der Waals surface area contributed by atoms with Crippen LogP contribution in [0.4, 0.5) is 0 Å². The SMILES string of the molecule is CCN(CC)CCSC1c2ccccc2COc2ccc(C)cc21. The topological polar surface area (TPSA) is 12.5 Å². The van der Waals surface area contributed by atoms with Crippen LogP contribution in [0.5, 0.6) is 5.75 Å². The first-order valence-corrected chi connectivity index (χ1v) is 9.93. The van der Waals surface area contributed by atoms with Gasteiger partial charge in [-0.1, -0.05) is 55.8 Å². The summed E-state index contributed by atoms with van der Waals surface area (Å²) in [6.45, 7) is 10.7. The molecule has 0 amide bonds. The van der Waals surface area contributed by atoms with E-state index >= 15 is 0 Å². The fourth-order valence-electron chi connectivity index (χ4n) is 3.27. The zero-order valence-electron chi connectivity index (χ0n) is 14.9. The summed E-state index contributed by atoms with van der Waals surface area (Å²) in [4.78, 5) is 2.49. The van der Waals surface area contributed by atoms with Gasteiger partial charge in [-0.25, -0.2) is 0 Å². The van der Waals surface area contributed by atoms with Crippen LogP contribution >= 0.6 is 11.8 Å². The summed E-state index contributed by atoms with van der Waals surface area (Å²) in [5.41, 5.74) is 5.34. The Morgan fingerprint density at radius 2 is 1.88 bits per heavy atom. The van der Waals surface area contributed by atoms with Gasteiger partial charge in [-0.3, -0.25) is 0 Å². The van der Waals surface area contributed by atoms with Crippen LogP contribution in [0.2, 0.25) is 0 Å².